The summed E-state index contributed by atoms with van der Waals surface area (Å²) >= 11 is 0. The van der Waals surface area contributed by atoms with E-state index in [1.807, 2.05) is 125 Å². The van der Waals surface area contributed by atoms with Gasteiger partial charge in [-0.25, -0.2) is 87.4 Å². The largest absolute Gasteiger partial charge is 0.549 e. The molecule has 0 spiro atoms. The molecule has 0 bridgehead atoms. The molecule has 0 saturated heterocycles. The van der Waals surface area contributed by atoms with Crippen LogP contribution in [0.2, 0.25) is 0 Å². The summed E-state index contributed by atoms with van der Waals surface area (Å²) in [5.41, 5.74) is 2.72. The maximum Gasteiger partial charge on any atom is 0.549 e. The maximum absolute atomic E-state index is 13.9. The fourth-order valence-corrected chi connectivity index (χ4v) is 10.8. The smallest absolute Gasteiger partial charge is 0.432 e. The van der Waals surface area contributed by atoms with Gasteiger partial charge < -0.3 is 28.4 Å². The van der Waals surface area contributed by atoms with Crippen LogP contribution < -0.4 is 0 Å². The number of carbonyl (C=O) groups excluding carboxylic acids is 12. The highest BCUT2D eigenvalue weighted by Gasteiger charge is 2.41. The van der Waals surface area contributed by atoms with Gasteiger partial charge in [0, 0.05) is 23.7 Å². The number of hydrogen-bond acceptors (Lipinski definition) is 30. The minimum absolute atomic E-state index is 0.0330. The zero-order valence-corrected chi connectivity index (χ0v) is 67.1. The van der Waals surface area contributed by atoms with Crippen LogP contribution in [0.15, 0.2) is 146 Å². The second kappa shape index (κ2) is 40.3. The van der Waals surface area contributed by atoms with Crippen LogP contribution in [-0.2, 0) is 120 Å². The van der Waals surface area contributed by atoms with Gasteiger partial charge in [-0.3, -0.25) is 0 Å². The number of ether oxygens (including phenoxy) is 6. The van der Waals surface area contributed by atoms with Crippen LogP contribution in [0.4, 0.5) is 28.8 Å². The summed E-state index contributed by atoms with van der Waals surface area (Å²) < 4.78 is 33.0. The molecule has 0 aliphatic carbocycles. The molecule has 4 atom stereocenters. The van der Waals surface area contributed by atoms with E-state index in [4.69, 9.17) is 87.1 Å². The molecule has 114 heavy (non-hydrogen) atoms. The summed E-state index contributed by atoms with van der Waals surface area (Å²) in [5.74, 6) is -13.5. The molecule has 0 aliphatic heterocycles. The molecular formula is C84H98O30. The third-order valence-electron chi connectivity index (χ3n) is 17.8. The van der Waals surface area contributed by atoms with Crippen molar-refractivity contribution in [3.63, 3.8) is 0 Å². The van der Waals surface area contributed by atoms with Crippen molar-refractivity contribution < 1.29 is 145 Å². The Morgan fingerprint density at radius 2 is 0.360 bits per heavy atom. The van der Waals surface area contributed by atoms with Crippen LogP contribution in [0.25, 0.3) is 0 Å². The van der Waals surface area contributed by atoms with Gasteiger partial charge in [-0.05, 0) is 152 Å². The minimum atomic E-state index is -1.76. The predicted molar refractivity (Wildman–Crippen MR) is 401 cm³/mol. The van der Waals surface area contributed by atoms with Gasteiger partial charge in [0.25, 0.3) is 0 Å². The van der Waals surface area contributed by atoms with E-state index in [9.17, 15) is 57.5 Å². The van der Waals surface area contributed by atoms with Crippen molar-refractivity contribution in [1.29, 1.82) is 0 Å². The quantitative estimate of drug-likeness (QED) is 0.0249. The Kier molecular flexibility index (Phi) is 32.0. The topological polar surface area (TPSA) is 371 Å². The van der Waals surface area contributed by atoms with Gasteiger partial charge >= 0.3 is 72.7 Å². The van der Waals surface area contributed by atoms with E-state index >= 15 is 0 Å². The Morgan fingerprint density at radius 1 is 0.211 bits per heavy atom. The summed E-state index contributed by atoms with van der Waals surface area (Å²) in [6, 6.07) is 36.7. The van der Waals surface area contributed by atoms with Crippen LogP contribution in [0.3, 0.4) is 0 Å². The van der Waals surface area contributed by atoms with Crippen LogP contribution in [0.5, 0.6) is 0 Å². The van der Waals surface area contributed by atoms with Gasteiger partial charge in [0.05, 0.1) is 73.0 Å². The normalized spacial score (nSPS) is 12.7. The average Bonchev–Trinajstić information content (AvgIpc) is 0.831. The van der Waals surface area contributed by atoms with Crippen molar-refractivity contribution in [2.75, 3.05) is 39.6 Å². The Balaban J connectivity index is 1.42. The van der Waals surface area contributed by atoms with Gasteiger partial charge in [-0.2, -0.15) is 28.8 Å². The first-order chi connectivity index (χ1) is 53.3. The Labute approximate surface area is 660 Å². The molecule has 4 unspecified atom stereocenters. The third-order valence-corrected chi connectivity index (χ3v) is 17.8. The van der Waals surface area contributed by atoms with Crippen LogP contribution in [-0.4, -0.2) is 112 Å². The first-order valence-electron chi connectivity index (χ1n) is 36.2. The Hall–Kier alpha value is -12.2. The number of rotatable bonds is 23. The Bertz CT molecular complexity index is 4000. The van der Waals surface area contributed by atoms with E-state index in [1.54, 1.807) is 72.8 Å². The van der Waals surface area contributed by atoms with Gasteiger partial charge in [-0.1, -0.05) is 197 Å². The molecule has 30 nitrogen and oxygen atoms in total. The lowest BCUT2D eigenvalue weighted by Crippen LogP contribution is -2.41. The van der Waals surface area contributed by atoms with Crippen molar-refractivity contribution >= 4 is 72.7 Å². The molecule has 0 aliphatic rings. The third kappa shape index (κ3) is 29.5. The van der Waals surface area contributed by atoms with E-state index < -0.39 is 149 Å². The van der Waals surface area contributed by atoms with Crippen LogP contribution in [0.1, 0.15) is 233 Å². The molecule has 6 aromatic carbocycles. The van der Waals surface area contributed by atoms with Crippen molar-refractivity contribution in [1.82, 2.24) is 0 Å². The molecule has 0 saturated carbocycles. The maximum atomic E-state index is 13.9. The lowest BCUT2D eigenvalue weighted by Gasteiger charge is -2.36. The Morgan fingerprint density at radius 3 is 0.518 bits per heavy atom. The molecule has 6 aromatic rings. The predicted octanol–water partition coefficient (Wildman–Crippen LogP) is 17.6. The zero-order valence-electron chi connectivity index (χ0n) is 67.1. The molecule has 0 N–H and O–H groups in total. The highest BCUT2D eigenvalue weighted by atomic mass is 17.3. The number of hydrogen-bond donors (Lipinski definition) is 0. The standard InChI is InChI=1S/C84H98O30/c1-79(2,3)59-31-19-51(20-32-59)67(85)103-109-73(91)97-45-43-57(47-99-75(93)111-105-69(87)53-23-35-61(36-24-53)81(7,8)9)65(49-101-77(95)113-107-71(89)55-27-39-63(40-28-55)83(13,14)15)66(50-102-78(96)114-108-72(90)56-29-41-64(42-30-56)84(16,17)18)58(48-100-76(94)112-106-70(88)54-25-37-62(38-26-54)82(10,11)12)44-46-98-74(92)110-104-68(86)52-21-33-60(34-22-52)80(4,5)6/h19-42,57-58,65-66H,43-50H2,1-18H3. The highest BCUT2D eigenvalue weighted by molar-refractivity contribution is 5.92. The fourth-order valence-electron chi connectivity index (χ4n) is 10.8. The SMILES string of the molecule is CC(C)(C)c1ccc(C(=O)OOC(=O)OCCC(COC(=O)OOC(=O)c2ccc(C(C)(C)C)cc2)C(COC(=O)OOC(=O)c2ccc(C(C)(C)C)cc2)C(COC(=O)OOC(=O)c2ccc(C(C)(C)C)cc2)C(CCOC(=O)OOC(=O)c2ccc(C(C)(C)C)cc2)COC(=O)OOC(=O)c2ccc(C(C)(C)C)cc2)cc1. The molecule has 0 radical (unpaired) electrons. The number of benzene rings is 6. The van der Waals surface area contributed by atoms with Crippen molar-refractivity contribution in [2.24, 2.45) is 23.7 Å². The zero-order chi connectivity index (χ0) is 84.5. The van der Waals surface area contributed by atoms with E-state index in [-0.39, 0.29) is 65.9 Å². The van der Waals surface area contributed by atoms with E-state index in [0.29, 0.717) is 0 Å². The van der Waals surface area contributed by atoms with Gasteiger partial charge in [0.1, 0.15) is 0 Å². The summed E-state index contributed by atoms with van der Waals surface area (Å²) in [5, 5.41) is 0. The van der Waals surface area contributed by atoms with Crippen molar-refractivity contribution in [3.8, 4) is 0 Å². The van der Waals surface area contributed by atoms with E-state index in [2.05, 4.69) is 0 Å². The monoisotopic (exact) mass is 1590 g/mol. The number of carbonyl (C=O) groups is 12. The van der Waals surface area contributed by atoms with Gasteiger partial charge in [0.2, 0.25) is 0 Å². The molecular weight excluding hydrogens is 1490 g/mol. The summed E-state index contributed by atoms with van der Waals surface area (Å²) in [4.78, 5) is 219. The van der Waals surface area contributed by atoms with Crippen molar-refractivity contribution in [3.05, 3.63) is 212 Å². The molecule has 0 fully saturated rings. The second-order valence-electron chi connectivity index (χ2n) is 32.6. The summed E-state index contributed by atoms with van der Waals surface area (Å²) in [7, 11) is 0. The fraction of sp³-hybridized carbons (Fsp3) is 0.429. The molecule has 0 amide bonds. The lowest BCUT2D eigenvalue weighted by molar-refractivity contribution is -0.212. The molecule has 30 heteroatoms. The summed E-state index contributed by atoms with van der Waals surface area (Å²) in [6.45, 7) is 29.0. The van der Waals surface area contributed by atoms with Crippen LogP contribution >= 0.6 is 0 Å². The average molecular weight is 1590 g/mol. The van der Waals surface area contributed by atoms with Crippen molar-refractivity contribution in [2.45, 2.75) is 170 Å². The first-order valence-corrected chi connectivity index (χ1v) is 36.2. The van der Waals surface area contributed by atoms with Crippen LogP contribution in [0, 0.1) is 23.7 Å². The molecule has 0 heterocycles. The van der Waals surface area contributed by atoms with Gasteiger partial charge in [0.15, 0.2) is 0 Å². The first kappa shape index (κ1) is 90.6. The van der Waals surface area contributed by atoms with E-state index in [1.165, 1.54) is 72.8 Å². The summed E-state index contributed by atoms with van der Waals surface area (Å²) in [6.07, 6.45) is -11.4. The lowest BCUT2D eigenvalue weighted by atomic mass is 9.74. The molecule has 614 valence electrons. The minimum Gasteiger partial charge on any atom is -0.432 e. The molecule has 6 rings (SSSR count). The van der Waals surface area contributed by atoms with E-state index in [0.717, 1.165) is 33.4 Å². The molecule has 0 aromatic heterocycles. The second-order valence-corrected chi connectivity index (χ2v) is 32.6. The highest BCUT2D eigenvalue weighted by Crippen LogP contribution is 2.36. The van der Waals surface area contributed by atoms with Gasteiger partial charge in [-0.15, -0.1) is 0 Å².